The molecular weight excluding hydrogens is 264 g/mol. The fraction of sp³-hybridized carbons (Fsp3) is 0.571. The SMILES string of the molecule is COc1ccc(CN(C)C[C@H]2CNCCO2)cc1.Cl. The summed E-state index contributed by atoms with van der Waals surface area (Å²) in [5, 5.41) is 3.35. The highest BCUT2D eigenvalue weighted by atomic mass is 35.5. The van der Waals surface area contributed by atoms with Gasteiger partial charge in [-0.1, -0.05) is 12.1 Å². The van der Waals surface area contributed by atoms with Gasteiger partial charge in [0, 0.05) is 26.2 Å². The van der Waals surface area contributed by atoms with Crippen molar-refractivity contribution in [3.63, 3.8) is 0 Å². The topological polar surface area (TPSA) is 33.7 Å². The molecule has 4 nitrogen and oxygen atoms in total. The number of nitrogens with one attached hydrogen (secondary N) is 1. The van der Waals surface area contributed by atoms with Gasteiger partial charge in [-0.15, -0.1) is 12.4 Å². The zero-order chi connectivity index (χ0) is 12.8. The van der Waals surface area contributed by atoms with Crippen molar-refractivity contribution in [3.8, 4) is 5.75 Å². The van der Waals surface area contributed by atoms with Crippen molar-refractivity contribution in [1.82, 2.24) is 10.2 Å². The molecule has 0 amide bonds. The van der Waals surface area contributed by atoms with Crippen LogP contribution in [0.2, 0.25) is 0 Å². The molecule has 0 radical (unpaired) electrons. The Morgan fingerprint density at radius 3 is 2.68 bits per heavy atom. The van der Waals surface area contributed by atoms with Crippen LogP contribution in [0.5, 0.6) is 5.75 Å². The number of benzene rings is 1. The monoisotopic (exact) mass is 286 g/mol. The summed E-state index contributed by atoms with van der Waals surface area (Å²) in [5.74, 6) is 0.904. The molecule has 0 saturated carbocycles. The van der Waals surface area contributed by atoms with Gasteiger partial charge in [0.2, 0.25) is 0 Å². The van der Waals surface area contributed by atoms with E-state index >= 15 is 0 Å². The highest BCUT2D eigenvalue weighted by molar-refractivity contribution is 5.85. The van der Waals surface area contributed by atoms with Crippen LogP contribution in [0.3, 0.4) is 0 Å². The third-order valence-electron chi connectivity index (χ3n) is 3.13. The van der Waals surface area contributed by atoms with E-state index in [1.807, 2.05) is 12.1 Å². The van der Waals surface area contributed by atoms with E-state index in [1.165, 1.54) is 5.56 Å². The summed E-state index contributed by atoms with van der Waals surface area (Å²) in [7, 11) is 3.82. The molecule has 1 saturated heterocycles. The average Bonchev–Trinajstić information content (AvgIpc) is 2.40. The van der Waals surface area contributed by atoms with Crippen molar-refractivity contribution in [3.05, 3.63) is 29.8 Å². The van der Waals surface area contributed by atoms with Crippen LogP contribution in [0.1, 0.15) is 5.56 Å². The van der Waals surface area contributed by atoms with E-state index in [9.17, 15) is 0 Å². The van der Waals surface area contributed by atoms with Crippen molar-refractivity contribution in [2.75, 3.05) is 40.4 Å². The summed E-state index contributed by atoms with van der Waals surface area (Å²) < 4.78 is 10.9. The van der Waals surface area contributed by atoms with Crippen molar-refractivity contribution in [2.45, 2.75) is 12.6 Å². The summed E-state index contributed by atoms with van der Waals surface area (Å²) in [4.78, 5) is 2.29. The van der Waals surface area contributed by atoms with E-state index in [1.54, 1.807) is 7.11 Å². The predicted molar refractivity (Wildman–Crippen MR) is 79.2 cm³/mol. The predicted octanol–water partition coefficient (Wildman–Crippen LogP) is 1.54. The lowest BCUT2D eigenvalue weighted by atomic mass is 10.2. The molecule has 1 heterocycles. The number of rotatable bonds is 5. The number of nitrogens with zero attached hydrogens (tertiary/aromatic N) is 1. The molecule has 0 bridgehead atoms. The lowest BCUT2D eigenvalue weighted by Crippen LogP contribution is -2.44. The fourth-order valence-corrected chi connectivity index (χ4v) is 2.19. The first-order valence-corrected chi connectivity index (χ1v) is 6.41. The van der Waals surface area contributed by atoms with Crippen LogP contribution >= 0.6 is 12.4 Å². The summed E-state index contributed by atoms with van der Waals surface area (Å²) in [6.45, 7) is 4.63. The lowest BCUT2D eigenvalue weighted by Gasteiger charge is -2.28. The fourth-order valence-electron chi connectivity index (χ4n) is 2.19. The Hall–Kier alpha value is -0.810. The van der Waals surface area contributed by atoms with Crippen molar-refractivity contribution in [2.24, 2.45) is 0 Å². The van der Waals surface area contributed by atoms with E-state index in [0.717, 1.165) is 38.5 Å². The molecule has 0 spiro atoms. The first-order valence-electron chi connectivity index (χ1n) is 6.41. The Balaban J connectivity index is 0.00000180. The average molecular weight is 287 g/mol. The molecule has 108 valence electrons. The van der Waals surface area contributed by atoms with Gasteiger partial charge in [-0.3, -0.25) is 4.90 Å². The van der Waals surface area contributed by atoms with Gasteiger partial charge in [-0.25, -0.2) is 0 Å². The first-order chi connectivity index (χ1) is 8.78. The smallest absolute Gasteiger partial charge is 0.118 e. The number of methoxy groups -OCH3 is 1. The molecule has 1 aliphatic rings. The summed E-state index contributed by atoms with van der Waals surface area (Å²) in [5.41, 5.74) is 1.29. The largest absolute Gasteiger partial charge is 0.497 e. The van der Waals surface area contributed by atoms with E-state index in [2.05, 4.69) is 29.4 Å². The minimum Gasteiger partial charge on any atom is -0.497 e. The van der Waals surface area contributed by atoms with Gasteiger partial charge >= 0.3 is 0 Å². The second kappa shape index (κ2) is 8.38. The molecule has 1 aromatic carbocycles. The van der Waals surface area contributed by atoms with Crippen LogP contribution in [0.4, 0.5) is 0 Å². The third-order valence-corrected chi connectivity index (χ3v) is 3.13. The molecule has 1 aromatic rings. The normalized spacial score (nSPS) is 19.0. The van der Waals surface area contributed by atoms with Crippen LogP contribution in [-0.4, -0.2) is 51.4 Å². The summed E-state index contributed by atoms with van der Waals surface area (Å²) in [6.07, 6.45) is 0.307. The number of hydrogen-bond donors (Lipinski definition) is 1. The molecule has 0 unspecified atom stereocenters. The van der Waals surface area contributed by atoms with Crippen molar-refractivity contribution >= 4 is 12.4 Å². The van der Waals surface area contributed by atoms with Crippen LogP contribution < -0.4 is 10.1 Å². The number of likely N-dealkylation sites (N-methyl/N-ethyl adjacent to an activating group) is 1. The second-order valence-corrected chi connectivity index (χ2v) is 4.74. The highest BCUT2D eigenvalue weighted by Crippen LogP contribution is 2.12. The van der Waals surface area contributed by atoms with Gasteiger partial charge < -0.3 is 14.8 Å². The minimum absolute atomic E-state index is 0. The number of halogens is 1. The van der Waals surface area contributed by atoms with E-state index < -0.39 is 0 Å². The standard InChI is InChI=1S/C14H22N2O2.ClH/c1-16(11-14-9-15-7-8-18-14)10-12-3-5-13(17-2)6-4-12;/h3-6,14-15H,7-11H2,1-2H3;1H/t14-;/m1./s1. The highest BCUT2D eigenvalue weighted by Gasteiger charge is 2.15. The Morgan fingerprint density at radius 1 is 1.37 bits per heavy atom. The molecule has 1 aliphatic heterocycles. The number of morpholine rings is 1. The van der Waals surface area contributed by atoms with Crippen molar-refractivity contribution < 1.29 is 9.47 Å². The Kier molecular flexibility index (Phi) is 7.16. The van der Waals surface area contributed by atoms with Gasteiger partial charge in [0.15, 0.2) is 0 Å². The lowest BCUT2D eigenvalue weighted by molar-refractivity contribution is 0.00884. The number of hydrogen-bond acceptors (Lipinski definition) is 4. The molecule has 19 heavy (non-hydrogen) atoms. The third kappa shape index (κ3) is 5.37. The molecular formula is C14H23ClN2O2. The molecule has 5 heteroatoms. The Labute approximate surface area is 121 Å². The van der Waals surface area contributed by atoms with E-state index in [0.29, 0.717) is 6.10 Å². The molecule has 1 atom stereocenters. The molecule has 1 fully saturated rings. The zero-order valence-corrected chi connectivity index (χ0v) is 12.4. The van der Waals surface area contributed by atoms with Crippen LogP contribution in [0, 0.1) is 0 Å². The van der Waals surface area contributed by atoms with E-state index in [4.69, 9.17) is 9.47 Å². The van der Waals surface area contributed by atoms with Gasteiger partial charge in [0.1, 0.15) is 5.75 Å². The molecule has 1 N–H and O–H groups in total. The van der Waals surface area contributed by atoms with Crippen LogP contribution in [0.25, 0.3) is 0 Å². The Bertz CT molecular complexity index is 353. The quantitative estimate of drug-likeness (QED) is 0.890. The molecule has 2 rings (SSSR count). The second-order valence-electron chi connectivity index (χ2n) is 4.74. The van der Waals surface area contributed by atoms with Crippen molar-refractivity contribution in [1.29, 1.82) is 0 Å². The zero-order valence-electron chi connectivity index (χ0n) is 11.6. The minimum atomic E-state index is 0. The van der Waals surface area contributed by atoms with E-state index in [-0.39, 0.29) is 12.4 Å². The maximum Gasteiger partial charge on any atom is 0.118 e. The van der Waals surface area contributed by atoms with Gasteiger partial charge in [-0.2, -0.15) is 0 Å². The van der Waals surface area contributed by atoms with Gasteiger partial charge in [0.05, 0.1) is 19.8 Å². The summed E-state index contributed by atoms with van der Waals surface area (Å²) >= 11 is 0. The van der Waals surface area contributed by atoms with Crippen LogP contribution in [0.15, 0.2) is 24.3 Å². The maximum absolute atomic E-state index is 5.70. The maximum atomic E-state index is 5.70. The number of ether oxygens (including phenoxy) is 2. The first kappa shape index (κ1) is 16.2. The van der Waals surface area contributed by atoms with Gasteiger partial charge in [-0.05, 0) is 24.7 Å². The van der Waals surface area contributed by atoms with Gasteiger partial charge in [0.25, 0.3) is 0 Å². The molecule has 0 aromatic heterocycles. The van der Waals surface area contributed by atoms with Crippen LogP contribution in [-0.2, 0) is 11.3 Å². The Morgan fingerprint density at radius 2 is 2.11 bits per heavy atom. The molecule has 0 aliphatic carbocycles. The summed E-state index contributed by atoms with van der Waals surface area (Å²) in [6, 6.07) is 8.22.